The van der Waals surface area contributed by atoms with Crippen molar-refractivity contribution in [1.82, 2.24) is 9.97 Å². The van der Waals surface area contributed by atoms with Gasteiger partial charge in [-0.15, -0.1) is 0 Å². The van der Waals surface area contributed by atoms with E-state index in [4.69, 9.17) is 11.6 Å². The fourth-order valence-corrected chi connectivity index (χ4v) is 2.30. The summed E-state index contributed by atoms with van der Waals surface area (Å²) in [7, 11) is 0. The number of halogens is 5. The fourth-order valence-electron chi connectivity index (χ4n) is 2.12. The van der Waals surface area contributed by atoms with Crippen LogP contribution >= 0.6 is 11.6 Å². The second kappa shape index (κ2) is 6.68. The molecule has 0 bridgehead atoms. The topological polar surface area (TPSA) is 37.8 Å². The third-order valence-electron chi connectivity index (χ3n) is 3.30. The van der Waals surface area contributed by atoms with E-state index in [-0.39, 0.29) is 22.5 Å². The molecule has 0 radical (unpaired) electrons. The van der Waals surface area contributed by atoms with Gasteiger partial charge in [0.05, 0.1) is 11.3 Å². The van der Waals surface area contributed by atoms with Crippen LogP contribution in [0.4, 0.5) is 29.1 Å². The van der Waals surface area contributed by atoms with Crippen molar-refractivity contribution in [2.45, 2.75) is 6.18 Å². The molecule has 0 aliphatic heterocycles. The maximum atomic E-state index is 13.7. The molecular weight excluding hydrogens is 358 g/mol. The van der Waals surface area contributed by atoms with Gasteiger partial charge in [-0.3, -0.25) is 0 Å². The number of hydrogen-bond acceptors (Lipinski definition) is 3. The van der Waals surface area contributed by atoms with E-state index in [2.05, 4.69) is 15.3 Å². The van der Waals surface area contributed by atoms with Crippen molar-refractivity contribution in [3.8, 4) is 11.4 Å². The van der Waals surface area contributed by atoms with E-state index in [1.54, 1.807) is 12.1 Å². The number of para-hydroxylation sites is 1. The first-order valence-corrected chi connectivity index (χ1v) is 7.44. The molecule has 25 heavy (non-hydrogen) atoms. The van der Waals surface area contributed by atoms with E-state index in [0.717, 1.165) is 12.1 Å². The van der Waals surface area contributed by atoms with Crippen molar-refractivity contribution in [2.75, 3.05) is 5.32 Å². The summed E-state index contributed by atoms with van der Waals surface area (Å²) in [4.78, 5) is 8.18. The van der Waals surface area contributed by atoms with E-state index < -0.39 is 17.6 Å². The quantitative estimate of drug-likeness (QED) is 0.476. The third-order valence-corrected chi connectivity index (χ3v) is 3.50. The van der Waals surface area contributed by atoms with Crippen molar-refractivity contribution in [1.29, 1.82) is 0 Å². The molecule has 0 aliphatic rings. The van der Waals surface area contributed by atoms with Gasteiger partial charge in [-0.25, -0.2) is 14.4 Å². The average molecular weight is 368 g/mol. The summed E-state index contributed by atoms with van der Waals surface area (Å²) >= 11 is 5.94. The Balaban J connectivity index is 1.93. The summed E-state index contributed by atoms with van der Waals surface area (Å²) < 4.78 is 51.6. The number of nitrogens with one attached hydrogen (secondary N) is 1. The van der Waals surface area contributed by atoms with Gasteiger partial charge in [-0.05, 0) is 24.3 Å². The smallest absolute Gasteiger partial charge is 0.338 e. The Labute approximate surface area is 145 Å². The zero-order valence-electron chi connectivity index (χ0n) is 12.5. The van der Waals surface area contributed by atoms with Gasteiger partial charge < -0.3 is 5.32 Å². The Morgan fingerprint density at radius 2 is 1.60 bits per heavy atom. The summed E-state index contributed by atoms with van der Waals surface area (Å²) in [5.41, 5.74) is -0.231. The van der Waals surface area contributed by atoms with Crippen LogP contribution in [-0.2, 0) is 6.18 Å². The van der Waals surface area contributed by atoms with Crippen molar-refractivity contribution < 1.29 is 17.6 Å². The van der Waals surface area contributed by atoms with Gasteiger partial charge in [0.15, 0.2) is 5.82 Å². The summed E-state index contributed by atoms with van der Waals surface area (Å²) in [5, 5.41) is 2.84. The number of alkyl halides is 3. The second-order valence-corrected chi connectivity index (χ2v) is 5.47. The summed E-state index contributed by atoms with van der Waals surface area (Å²) in [6.07, 6.45) is -4.43. The van der Waals surface area contributed by atoms with Crippen LogP contribution in [0.15, 0.2) is 54.6 Å². The Hall–Kier alpha value is -2.67. The van der Waals surface area contributed by atoms with Crippen LogP contribution in [0.5, 0.6) is 0 Å². The third kappa shape index (κ3) is 4.06. The molecule has 0 saturated heterocycles. The van der Waals surface area contributed by atoms with Gasteiger partial charge in [-0.1, -0.05) is 35.9 Å². The average Bonchev–Trinajstić information content (AvgIpc) is 2.56. The Kier molecular flexibility index (Phi) is 4.59. The largest absolute Gasteiger partial charge is 0.416 e. The predicted molar refractivity (Wildman–Crippen MR) is 87.2 cm³/mol. The molecule has 0 spiro atoms. The van der Waals surface area contributed by atoms with Crippen LogP contribution in [0.25, 0.3) is 11.4 Å². The van der Waals surface area contributed by atoms with Crippen LogP contribution < -0.4 is 5.32 Å². The monoisotopic (exact) mass is 367 g/mol. The number of benzene rings is 2. The molecule has 3 aromatic rings. The number of anilines is 2. The lowest BCUT2D eigenvalue weighted by Gasteiger charge is -2.10. The maximum absolute atomic E-state index is 13.7. The first-order valence-electron chi connectivity index (χ1n) is 7.07. The highest BCUT2D eigenvalue weighted by atomic mass is 35.5. The molecule has 3 nitrogen and oxygen atoms in total. The van der Waals surface area contributed by atoms with E-state index >= 15 is 0 Å². The normalized spacial score (nSPS) is 11.4. The number of hydrogen-bond donors (Lipinski definition) is 1. The molecule has 3 rings (SSSR count). The van der Waals surface area contributed by atoms with Crippen molar-refractivity contribution in [3.63, 3.8) is 0 Å². The summed E-state index contributed by atoms with van der Waals surface area (Å²) in [6.45, 7) is 0. The maximum Gasteiger partial charge on any atom is 0.416 e. The highest BCUT2D eigenvalue weighted by Gasteiger charge is 2.30. The van der Waals surface area contributed by atoms with Gasteiger partial charge in [0, 0.05) is 11.6 Å². The molecule has 0 fully saturated rings. The molecule has 0 aliphatic carbocycles. The minimum absolute atomic E-state index is 0.0729. The molecular formula is C17H10ClF4N3. The van der Waals surface area contributed by atoms with Crippen LogP contribution in [0.3, 0.4) is 0 Å². The first-order chi connectivity index (χ1) is 11.8. The first kappa shape index (κ1) is 17.2. The van der Waals surface area contributed by atoms with Gasteiger partial charge in [0.1, 0.15) is 16.8 Å². The summed E-state index contributed by atoms with van der Waals surface area (Å²) in [5.74, 6) is -0.131. The van der Waals surface area contributed by atoms with Gasteiger partial charge in [-0.2, -0.15) is 13.2 Å². The summed E-state index contributed by atoms with van der Waals surface area (Å²) in [6, 6.07) is 11.7. The van der Waals surface area contributed by atoms with Crippen LogP contribution in [0, 0.1) is 5.82 Å². The van der Waals surface area contributed by atoms with E-state index in [1.807, 2.05) is 0 Å². The van der Waals surface area contributed by atoms with E-state index in [0.29, 0.717) is 5.56 Å². The zero-order chi connectivity index (χ0) is 18.0. The van der Waals surface area contributed by atoms with Gasteiger partial charge in [0.2, 0.25) is 0 Å². The van der Waals surface area contributed by atoms with Crippen molar-refractivity contribution >= 4 is 23.1 Å². The number of aromatic nitrogens is 2. The number of nitrogens with zero attached hydrogens (tertiary/aromatic N) is 2. The zero-order valence-corrected chi connectivity index (χ0v) is 13.2. The highest BCUT2D eigenvalue weighted by molar-refractivity contribution is 6.29. The lowest BCUT2D eigenvalue weighted by Crippen LogP contribution is -2.04. The Morgan fingerprint density at radius 3 is 2.24 bits per heavy atom. The molecule has 128 valence electrons. The molecule has 1 aromatic heterocycles. The van der Waals surface area contributed by atoms with Gasteiger partial charge in [0.25, 0.3) is 0 Å². The van der Waals surface area contributed by atoms with Crippen molar-refractivity contribution in [3.05, 3.63) is 71.1 Å². The van der Waals surface area contributed by atoms with Crippen molar-refractivity contribution in [2.24, 2.45) is 0 Å². The number of rotatable bonds is 3. The predicted octanol–water partition coefficient (Wildman–Crippen LogP) is 5.70. The fraction of sp³-hybridized carbons (Fsp3) is 0.0588. The standard InChI is InChI=1S/C17H10ClF4N3/c18-14-9-15(23-13-4-2-1-3-12(13)19)25-16(24-14)10-5-7-11(8-6-10)17(20,21)22/h1-9H,(H,23,24,25). The molecule has 0 atom stereocenters. The molecule has 8 heteroatoms. The minimum Gasteiger partial charge on any atom is -0.338 e. The Bertz CT molecular complexity index is 895. The van der Waals surface area contributed by atoms with Crippen LogP contribution in [-0.4, -0.2) is 9.97 Å². The second-order valence-electron chi connectivity index (χ2n) is 5.08. The molecule has 2 aromatic carbocycles. The molecule has 1 N–H and O–H groups in total. The van der Waals surface area contributed by atoms with E-state index in [1.165, 1.54) is 30.3 Å². The molecule has 1 heterocycles. The lowest BCUT2D eigenvalue weighted by atomic mass is 10.1. The van der Waals surface area contributed by atoms with E-state index in [9.17, 15) is 17.6 Å². The van der Waals surface area contributed by atoms with Crippen LogP contribution in [0.2, 0.25) is 5.15 Å². The SMILES string of the molecule is Fc1ccccc1Nc1cc(Cl)nc(-c2ccc(C(F)(F)F)cc2)n1. The van der Waals surface area contributed by atoms with Gasteiger partial charge >= 0.3 is 6.18 Å². The van der Waals surface area contributed by atoms with Crippen LogP contribution in [0.1, 0.15) is 5.56 Å². The molecule has 0 unspecified atom stereocenters. The molecule has 0 saturated carbocycles. The minimum atomic E-state index is -4.43. The highest BCUT2D eigenvalue weighted by Crippen LogP contribution is 2.31. The molecule has 0 amide bonds. The Morgan fingerprint density at radius 1 is 0.920 bits per heavy atom. The lowest BCUT2D eigenvalue weighted by molar-refractivity contribution is -0.137.